The third-order valence-electron chi connectivity index (χ3n) is 3.47. The summed E-state index contributed by atoms with van der Waals surface area (Å²) in [6.45, 7) is 7.19. The normalized spacial score (nSPS) is 12.2. The van der Waals surface area contributed by atoms with E-state index in [4.69, 9.17) is 4.74 Å². The molecule has 1 unspecified atom stereocenters. The first-order chi connectivity index (χ1) is 10.1. The topological polar surface area (TPSA) is 34.2 Å². The molecule has 0 amide bonds. The summed E-state index contributed by atoms with van der Waals surface area (Å²) in [5, 5.41) is 3.54. The average molecular weight is 349 g/mol. The monoisotopic (exact) mass is 348 g/mol. The predicted octanol–water partition coefficient (Wildman–Crippen LogP) is 4.17. The average Bonchev–Trinajstić information content (AvgIpc) is 2.44. The molecule has 0 aliphatic heterocycles. The van der Waals surface area contributed by atoms with Gasteiger partial charge in [0, 0.05) is 22.4 Å². The van der Waals surface area contributed by atoms with Gasteiger partial charge in [0.25, 0.3) is 0 Å². The summed E-state index contributed by atoms with van der Waals surface area (Å²) in [5.41, 5.74) is 4.72. The molecule has 2 rings (SSSR count). The van der Waals surface area contributed by atoms with E-state index in [2.05, 4.69) is 65.2 Å². The lowest BCUT2D eigenvalue weighted by Crippen LogP contribution is -2.23. The van der Waals surface area contributed by atoms with Crippen molar-refractivity contribution in [1.82, 2.24) is 10.3 Å². The van der Waals surface area contributed by atoms with Gasteiger partial charge in [-0.2, -0.15) is 0 Å². The van der Waals surface area contributed by atoms with Crippen LogP contribution in [0.25, 0.3) is 0 Å². The molecule has 3 nitrogen and oxygen atoms in total. The van der Waals surface area contributed by atoms with Crippen molar-refractivity contribution in [2.45, 2.75) is 26.8 Å². The van der Waals surface area contributed by atoms with Gasteiger partial charge in [0.2, 0.25) is 0 Å². The summed E-state index contributed by atoms with van der Waals surface area (Å²) < 4.78 is 6.59. The van der Waals surface area contributed by atoms with Crippen LogP contribution < -0.4 is 10.1 Å². The highest BCUT2D eigenvalue weighted by molar-refractivity contribution is 9.10. The molecule has 0 saturated heterocycles. The Hall–Kier alpha value is -1.39. The number of hydrogen-bond acceptors (Lipinski definition) is 3. The summed E-state index contributed by atoms with van der Waals surface area (Å²) >= 11 is 3.50. The fourth-order valence-corrected chi connectivity index (χ4v) is 3.04. The van der Waals surface area contributed by atoms with Crippen LogP contribution in [0.3, 0.4) is 0 Å². The van der Waals surface area contributed by atoms with Gasteiger partial charge in [-0.15, -0.1) is 0 Å². The van der Waals surface area contributed by atoms with Crippen LogP contribution in [-0.2, 0) is 0 Å². The number of benzene rings is 1. The quantitative estimate of drug-likeness (QED) is 0.880. The van der Waals surface area contributed by atoms with Gasteiger partial charge in [-0.25, -0.2) is 0 Å². The largest absolute Gasteiger partial charge is 0.496 e. The number of aryl methyl sites for hydroxylation is 2. The minimum atomic E-state index is 0.0653. The maximum absolute atomic E-state index is 5.61. The molecule has 0 aliphatic carbocycles. The Morgan fingerprint density at radius 3 is 2.62 bits per heavy atom. The maximum atomic E-state index is 5.61. The number of ether oxygens (including phenoxy) is 1. The molecular weight excluding hydrogens is 328 g/mol. The number of halogens is 1. The van der Waals surface area contributed by atoms with Crippen LogP contribution in [0.5, 0.6) is 5.75 Å². The van der Waals surface area contributed by atoms with E-state index in [0.717, 1.165) is 22.3 Å². The zero-order chi connectivity index (χ0) is 15.4. The van der Waals surface area contributed by atoms with Crippen molar-refractivity contribution in [3.8, 4) is 5.75 Å². The third kappa shape index (κ3) is 3.63. The first-order valence-electron chi connectivity index (χ1n) is 7.05. The molecule has 1 N–H and O–H groups in total. The number of nitrogens with one attached hydrogen (secondary N) is 1. The van der Waals surface area contributed by atoms with E-state index in [1.165, 1.54) is 16.7 Å². The standard InChI is InChI=1S/C17H21BrN2O/c1-5-20-17(13-8-14(18)10-19-9-13)16-12(3)6-11(2)7-15(16)21-4/h6-10,17,20H,5H2,1-4H3. The summed E-state index contributed by atoms with van der Waals surface area (Å²) in [6, 6.07) is 6.43. The zero-order valence-electron chi connectivity index (χ0n) is 12.9. The van der Waals surface area contributed by atoms with Crippen molar-refractivity contribution in [3.63, 3.8) is 0 Å². The van der Waals surface area contributed by atoms with Gasteiger partial charge in [0.15, 0.2) is 0 Å². The first kappa shape index (κ1) is 16.0. The first-order valence-corrected chi connectivity index (χ1v) is 7.85. The maximum Gasteiger partial charge on any atom is 0.124 e. The SMILES string of the molecule is CCNC(c1cncc(Br)c1)c1c(C)cc(C)cc1OC. The Kier molecular flexibility index (Phi) is 5.37. The lowest BCUT2D eigenvalue weighted by molar-refractivity contribution is 0.403. The number of methoxy groups -OCH3 is 1. The van der Waals surface area contributed by atoms with Gasteiger partial charge < -0.3 is 10.1 Å². The van der Waals surface area contributed by atoms with Crippen molar-refractivity contribution in [2.24, 2.45) is 0 Å². The van der Waals surface area contributed by atoms with E-state index >= 15 is 0 Å². The lowest BCUT2D eigenvalue weighted by atomic mass is 9.93. The van der Waals surface area contributed by atoms with Gasteiger partial charge in [0.05, 0.1) is 13.2 Å². The number of rotatable bonds is 5. The molecule has 0 aliphatic rings. The Morgan fingerprint density at radius 2 is 2.00 bits per heavy atom. The minimum absolute atomic E-state index is 0.0653. The van der Waals surface area contributed by atoms with Crippen LogP contribution in [0.1, 0.15) is 35.2 Å². The second kappa shape index (κ2) is 7.05. The van der Waals surface area contributed by atoms with E-state index in [1.54, 1.807) is 13.3 Å². The van der Waals surface area contributed by atoms with Gasteiger partial charge in [-0.05, 0) is 65.1 Å². The summed E-state index contributed by atoms with van der Waals surface area (Å²) in [4.78, 5) is 4.29. The molecule has 112 valence electrons. The Labute approximate surface area is 134 Å². The molecule has 1 heterocycles. The molecule has 21 heavy (non-hydrogen) atoms. The van der Waals surface area contributed by atoms with Crippen LogP contribution in [0.4, 0.5) is 0 Å². The minimum Gasteiger partial charge on any atom is -0.496 e. The molecule has 1 aromatic heterocycles. The van der Waals surface area contributed by atoms with Crippen molar-refractivity contribution < 1.29 is 4.74 Å². The Morgan fingerprint density at radius 1 is 1.24 bits per heavy atom. The molecule has 4 heteroatoms. The highest BCUT2D eigenvalue weighted by Gasteiger charge is 2.20. The molecule has 1 aromatic carbocycles. The van der Waals surface area contributed by atoms with Crippen LogP contribution in [0.15, 0.2) is 35.1 Å². The molecule has 0 radical (unpaired) electrons. The smallest absolute Gasteiger partial charge is 0.124 e. The van der Waals surface area contributed by atoms with E-state index in [-0.39, 0.29) is 6.04 Å². The van der Waals surface area contributed by atoms with Crippen LogP contribution >= 0.6 is 15.9 Å². The number of hydrogen-bond donors (Lipinski definition) is 1. The van der Waals surface area contributed by atoms with E-state index in [9.17, 15) is 0 Å². The van der Waals surface area contributed by atoms with E-state index in [0.29, 0.717) is 0 Å². The molecule has 0 saturated carbocycles. The van der Waals surface area contributed by atoms with Crippen molar-refractivity contribution >= 4 is 15.9 Å². The number of pyridine rings is 1. The van der Waals surface area contributed by atoms with Crippen LogP contribution in [0, 0.1) is 13.8 Å². The number of aromatic nitrogens is 1. The van der Waals surface area contributed by atoms with E-state index in [1.807, 2.05) is 6.20 Å². The summed E-state index contributed by atoms with van der Waals surface area (Å²) in [5.74, 6) is 0.915. The van der Waals surface area contributed by atoms with Crippen molar-refractivity contribution in [3.05, 3.63) is 57.3 Å². The lowest BCUT2D eigenvalue weighted by Gasteiger charge is -2.23. The summed E-state index contributed by atoms with van der Waals surface area (Å²) in [6.07, 6.45) is 3.70. The molecular formula is C17H21BrN2O. The van der Waals surface area contributed by atoms with Crippen LogP contribution in [0.2, 0.25) is 0 Å². The second-order valence-electron chi connectivity index (χ2n) is 5.12. The van der Waals surface area contributed by atoms with Gasteiger partial charge in [-0.3, -0.25) is 4.98 Å². The van der Waals surface area contributed by atoms with Gasteiger partial charge >= 0.3 is 0 Å². The zero-order valence-corrected chi connectivity index (χ0v) is 14.5. The third-order valence-corrected chi connectivity index (χ3v) is 3.90. The van der Waals surface area contributed by atoms with Gasteiger partial charge in [-0.1, -0.05) is 13.0 Å². The molecule has 0 bridgehead atoms. The van der Waals surface area contributed by atoms with Gasteiger partial charge in [0.1, 0.15) is 5.75 Å². The highest BCUT2D eigenvalue weighted by Crippen LogP contribution is 2.34. The van der Waals surface area contributed by atoms with Crippen molar-refractivity contribution in [2.75, 3.05) is 13.7 Å². The molecule has 2 aromatic rings. The highest BCUT2D eigenvalue weighted by atomic mass is 79.9. The fraction of sp³-hybridized carbons (Fsp3) is 0.353. The second-order valence-corrected chi connectivity index (χ2v) is 6.04. The fourth-order valence-electron chi connectivity index (χ4n) is 2.66. The predicted molar refractivity (Wildman–Crippen MR) is 89.9 cm³/mol. The van der Waals surface area contributed by atoms with E-state index < -0.39 is 0 Å². The number of nitrogens with zero attached hydrogens (tertiary/aromatic N) is 1. The molecule has 0 fully saturated rings. The van der Waals surface area contributed by atoms with Crippen molar-refractivity contribution in [1.29, 1.82) is 0 Å². The molecule has 1 atom stereocenters. The summed E-state index contributed by atoms with van der Waals surface area (Å²) in [7, 11) is 1.72. The molecule has 0 spiro atoms. The Balaban J connectivity index is 2.58. The van der Waals surface area contributed by atoms with Crippen LogP contribution in [-0.4, -0.2) is 18.6 Å². The Bertz CT molecular complexity index is 628.